The molecule has 1 aromatic carbocycles. The van der Waals surface area contributed by atoms with Crippen LogP contribution in [0, 0.1) is 0 Å². The second-order valence-electron chi connectivity index (χ2n) is 6.82. The third-order valence-corrected chi connectivity index (χ3v) is 4.67. The lowest BCUT2D eigenvalue weighted by Gasteiger charge is -2.08. The van der Waals surface area contributed by atoms with Crippen molar-refractivity contribution in [3.63, 3.8) is 0 Å². The Kier molecular flexibility index (Phi) is 4.66. The molecule has 8 nitrogen and oxygen atoms in total. The molecule has 0 saturated carbocycles. The van der Waals surface area contributed by atoms with Crippen molar-refractivity contribution in [3.8, 4) is 22.8 Å². The standard InChI is InChI=1S/C22H19N7O/c23-20-22-27-21(19-8-4-10-30-19)28-29(22)14-18(26-20)16-6-3-5-15(11-16)12-24-13-17-7-1-2-9-25-17/h1-11,14,24H,12-13H2,(H2,23,26). The van der Waals surface area contributed by atoms with Crippen LogP contribution >= 0.6 is 0 Å². The van der Waals surface area contributed by atoms with Crippen LogP contribution in [0.5, 0.6) is 0 Å². The Hall–Kier alpha value is -4.04. The molecule has 0 bridgehead atoms. The first kappa shape index (κ1) is 18.0. The second-order valence-corrected chi connectivity index (χ2v) is 6.82. The second kappa shape index (κ2) is 7.76. The van der Waals surface area contributed by atoms with Gasteiger partial charge in [-0.15, -0.1) is 5.10 Å². The summed E-state index contributed by atoms with van der Waals surface area (Å²) < 4.78 is 7.02. The van der Waals surface area contributed by atoms with Gasteiger partial charge in [0.05, 0.1) is 23.8 Å². The fourth-order valence-electron chi connectivity index (χ4n) is 3.24. The minimum atomic E-state index is 0.316. The molecule has 0 spiro atoms. The normalized spacial score (nSPS) is 11.2. The maximum Gasteiger partial charge on any atom is 0.218 e. The predicted molar refractivity (Wildman–Crippen MR) is 113 cm³/mol. The van der Waals surface area contributed by atoms with Gasteiger partial charge in [0.2, 0.25) is 5.82 Å². The summed E-state index contributed by atoms with van der Waals surface area (Å²) in [5.74, 6) is 1.37. The molecule has 0 aliphatic carbocycles. The number of benzene rings is 1. The SMILES string of the molecule is Nc1nc(-c2cccc(CNCc3ccccn3)c2)cn2nc(-c3ccco3)nc12. The van der Waals surface area contributed by atoms with E-state index in [1.165, 1.54) is 0 Å². The molecule has 5 rings (SSSR count). The Balaban J connectivity index is 1.39. The molecule has 0 saturated heterocycles. The number of hydrogen-bond donors (Lipinski definition) is 2. The number of fused-ring (bicyclic) bond motifs is 1. The van der Waals surface area contributed by atoms with Gasteiger partial charge in [0.15, 0.2) is 17.2 Å². The first-order valence-electron chi connectivity index (χ1n) is 9.53. The van der Waals surface area contributed by atoms with Gasteiger partial charge in [-0.25, -0.2) is 14.5 Å². The Labute approximate surface area is 172 Å². The summed E-state index contributed by atoms with van der Waals surface area (Å²) in [5, 5.41) is 7.89. The predicted octanol–water partition coefficient (Wildman–Crippen LogP) is 3.32. The summed E-state index contributed by atoms with van der Waals surface area (Å²) in [6.07, 6.45) is 5.21. The van der Waals surface area contributed by atoms with Gasteiger partial charge < -0.3 is 15.5 Å². The molecule has 0 fully saturated rings. The summed E-state index contributed by atoms with van der Waals surface area (Å²) in [6, 6.07) is 17.7. The van der Waals surface area contributed by atoms with E-state index in [0.29, 0.717) is 36.1 Å². The number of nitrogen functional groups attached to an aromatic ring is 1. The molecule has 4 aromatic heterocycles. The third kappa shape index (κ3) is 3.63. The van der Waals surface area contributed by atoms with Crippen molar-refractivity contribution >= 4 is 11.5 Å². The van der Waals surface area contributed by atoms with Gasteiger partial charge in [-0.3, -0.25) is 4.98 Å². The molecule has 0 amide bonds. The lowest BCUT2D eigenvalue weighted by atomic mass is 10.1. The van der Waals surface area contributed by atoms with Gasteiger partial charge in [0.1, 0.15) is 0 Å². The van der Waals surface area contributed by atoms with E-state index >= 15 is 0 Å². The van der Waals surface area contributed by atoms with E-state index < -0.39 is 0 Å². The maximum atomic E-state index is 6.16. The number of anilines is 1. The lowest BCUT2D eigenvalue weighted by Crippen LogP contribution is -2.13. The number of rotatable bonds is 6. The molecular weight excluding hydrogens is 378 g/mol. The minimum absolute atomic E-state index is 0.316. The third-order valence-electron chi connectivity index (χ3n) is 4.67. The van der Waals surface area contributed by atoms with Crippen LogP contribution in [-0.2, 0) is 13.1 Å². The summed E-state index contributed by atoms with van der Waals surface area (Å²) in [4.78, 5) is 13.3. The first-order valence-corrected chi connectivity index (χ1v) is 9.53. The molecule has 0 unspecified atom stereocenters. The van der Waals surface area contributed by atoms with Gasteiger partial charge >= 0.3 is 0 Å². The minimum Gasteiger partial charge on any atom is -0.461 e. The van der Waals surface area contributed by atoms with Crippen LogP contribution in [0.4, 0.5) is 5.82 Å². The fourth-order valence-corrected chi connectivity index (χ4v) is 3.24. The van der Waals surface area contributed by atoms with Crippen molar-refractivity contribution in [2.45, 2.75) is 13.1 Å². The van der Waals surface area contributed by atoms with E-state index in [4.69, 9.17) is 10.2 Å². The Morgan fingerprint density at radius 1 is 1.00 bits per heavy atom. The molecule has 0 aliphatic heterocycles. The highest BCUT2D eigenvalue weighted by Gasteiger charge is 2.13. The summed E-state index contributed by atoms with van der Waals surface area (Å²) in [5.41, 5.74) is 10.5. The van der Waals surface area contributed by atoms with Gasteiger partial charge in [-0.2, -0.15) is 0 Å². The van der Waals surface area contributed by atoms with E-state index in [1.807, 2.05) is 36.5 Å². The van der Waals surface area contributed by atoms with E-state index in [9.17, 15) is 0 Å². The number of aromatic nitrogens is 5. The number of nitrogens with one attached hydrogen (secondary N) is 1. The van der Waals surface area contributed by atoms with Crippen molar-refractivity contribution in [2.75, 3.05) is 5.73 Å². The fraction of sp³-hybridized carbons (Fsp3) is 0.0909. The smallest absolute Gasteiger partial charge is 0.218 e. The largest absolute Gasteiger partial charge is 0.461 e. The molecule has 3 N–H and O–H groups in total. The summed E-state index contributed by atoms with van der Waals surface area (Å²) in [7, 11) is 0. The van der Waals surface area contributed by atoms with Crippen LogP contribution in [-0.4, -0.2) is 24.6 Å². The van der Waals surface area contributed by atoms with Crippen LogP contribution in [0.2, 0.25) is 0 Å². The monoisotopic (exact) mass is 397 g/mol. The van der Waals surface area contributed by atoms with Gasteiger partial charge in [0, 0.05) is 24.8 Å². The average Bonchev–Trinajstić information content (AvgIpc) is 3.45. The van der Waals surface area contributed by atoms with Crippen LogP contribution in [0.15, 0.2) is 77.7 Å². The Morgan fingerprint density at radius 3 is 2.80 bits per heavy atom. The zero-order chi connectivity index (χ0) is 20.3. The van der Waals surface area contributed by atoms with E-state index in [-0.39, 0.29) is 0 Å². The molecule has 5 aromatic rings. The van der Waals surface area contributed by atoms with Gasteiger partial charge in [-0.1, -0.05) is 24.3 Å². The number of pyridine rings is 1. The highest BCUT2D eigenvalue weighted by molar-refractivity contribution is 5.69. The van der Waals surface area contributed by atoms with Crippen molar-refractivity contribution in [3.05, 3.63) is 84.5 Å². The molecule has 0 radical (unpaired) electrons. The van der Waals surface area contributed by atoms with Crippen molar-refractivity contribution in [1.82, 2.24) is 29.9 Å². The highest BCUT2D eigenvalue weighted by atomic mass is 16.3. The van der Waals surface area contributed by atoms with E-state index in [2.05, 4.69) is 37.5 Å². The first-order chi connectivity index (χ1) is 14.8. The average molecular weight is 397 g/mol. The Bertz CT molecular complexity index is 1280. The van der Waals surface area contributed by atoms with Crippen molar-refractivity contribution in [2.24, 2.45) is 0 Å². The zero-order valence-electron chi connectivity index (χ0n) is 16.1. The molecule has 4 heterocycles. The zero-order valence-corrected chi connectivity index (χ0v) is 16.1. The molecule has 0 atom stereocenters. The Morgan fingerprint density at radius 2 is 1.97 bits per heavy atom. The van der Waals surface area contributed by atoms with Crippen molar-refractivity contribution in [1.29, 1.82) is 0 Å². The van der Waals surface area contributed by atoms with Crippen LogP contribution in [0.25, 0.3) is 28.5 Å². The molecular formula is C22H19N7O. The highest BCUT2D eigenvalue weighted by Crippen LogP contribution is 2.23. The summed E-state index contributed by atoms with van der Waals surface area (Å²) >= 11 is 0. The van der Waals surface area contributed by atoms with Crippen LogP contribution < -0.4 is 11.1 Å². The molecule has 148 valence electrons. The number of nitrogens with two attached hydrogens (primary N) is 1. The van der Waals surface area contributed by atoms with Gasteiger partial charge in [-0.05, 0) is 35.9 Å². The van der Waals surface area contributed by atoms with E-state index in [0.717, 1.165) is 22.5 Å². The number of nitrogens with zero attached hydrogens (tertiary/aromatic N) is 5. The molecule has 30 heavy (non-hydrogen) atoms. The summed E-state index contributed by atoms with van der Waals surface area (Å²) in [6.45, 7) is 1.42. The number of furan rings is 1. The van der Waals surface area contributed by atoms with Crippen LogP contribution in [0.3, 0.4) is 0 Å². The quantitative estimate of drug-likeness (QED) is 0.452. The van der Waals surface area contributed by atoms with Crippen molar-refractivity contribution < 1.29 is 4.42 Å². The number of hydrogen-bond acceptors (Lipinski definition) is 7. The lowest BCUT2D eigenvalue weighted by molar-refractivity contribution is 0.577. The maximum absolute atomic E-state index is 6.16. The topological polar surface area (TPSA) is 107 Å². The molecule has 0 aliphatic rings. The molecule has 8 heteroatoms. The van der Waals surface area contributed by atoms with E-state index in [1.54, 1.807) is 29.1 Å². The van der Waals surface area contributed by atoms with Gasteiger partial charge in [0.25, 0.3) is 0 Å². The van der Waals surface area contributed by atoms with Crippen LogP contribution in [0.1, 0.15) is 11.3 Å².